The third-order valence-corrected chi connectivity index (χ3v) is 4.27. The van der Waals surface area contributed by atoms with Crippen LogP contribution in [0.5, 0.6) is 0 Å². The second kappa shape index (κ2) is 8.61. The Hall–Kier alpha value is -1.78. The molecule has 2 rings (SSSR count). The lowest BCUT2D eigenvalue weighted by atomic mass is 10.1. The fraction of sp³-hybridized carbons (Fsp3) is 0.278. The lowest BCUT2D eigenvalue weighted by Crippen LogP contribution is -2.27. The van der Waals surface area contributed by atoms with Gasteiger partial charge in [-0.2, -0.15) is 0 Å². The van der Waals surface area contributed by atoms with Gasteiger partial charge in [0.1, 0.15) is 0 Å². The minimum Gasteiger partial charge on any atom is -0.479 e. The van der Waals surface area contributed by atoms with Crippen LogP contribution >= 0.6 is 11.8 Å². The Labute approximate surface area is 135 Å². The summed E-state index contributed by atoms with van der Waals surface area (Å²) in [6.07, 6.45) is 0.396. The van der Waals surface area contributed by atoms with Crippen LogP contribution in [-0.4, -0.2) is 23.8 Å². The van der Waals surface area contributed by atoms with Crippen LogP contribution in [0.15, 0.2) is 64.4 Å². The summed E-state index contributed by atoms with van der Waals surface area (Å²) in [4.78, 5) is 13.6. The summed E-state index contributed by atoms with van der Waals surface area (Å²) in [6, 6.07) is 18.0. The zero-order valence-corrected chi connectivity index (χ0v) is 13.4. The van der Waals surface area contributed by atoms with Crippen molar-refractivity contribution in [2.45, 2.75) is 35.7 Å². The number of ether oxygens (including phenoxy) is 1. The molecule has 0 amide bonds. The smallest absolute Gasteiger partial charge is 0.333 e. The van der Waals surface area contributed by atoms with Crippen LogP contribution in [0.2, 0.25) is 0 Å². The molecule has 0 aliphatic rings. The molecule has 0 unspecified atom stereocenters. The maximum atomic E-state index is 11.3. The van der Waals surface area contributed by atoms with Crippen LogP contribution in [0.25, 0.3) is 0 Å². The number of carbonyl (C=O) groups is 1. The summed E-state index contributed by atoms with van der Waals surface area (Å²) in [5, 5.41) is 9.31. The van der Waals surface area contributed by atoms with Gasteiger partial charge >= 0.3 is 5.97 Å². The van der Waals surface area contributed by atoms with E-state index >= 15 is 0 Å². The Bertz CT molecular complexity index is 598. The van der Waals surface area contributed by atoms with Gasteiger partial charge in [0.25, 0.3) is 0 Å². The van der Waals surface area contributed by atoms with Crippen LogP contribution in [0.3, 0.4) is 0 Å². The highest BCUT2D eigenvalue weighted by atomic mass is 32.2. The normalized spacial score (nSPS) is 12.0. The van der Waals surface area contributed by atoms with Crippen molar-refractivity contribution in [3.63, 3.8) is 0 Å². The van der Waals surface area contributed by atoms with Crippen molar-refractivity contribution in [2.75, 3.05) is 6.61 Å². The van der Waals surface area contributed by atoms with Crippen LogP contribution < -0.4 is 0 Å². The molecule has 0 saturated carbocycles. The average molecular weight is 316 g/mol. The van der Waals surface area contributed by atoms with Crippen LogP contribution in [-0.2, 0) is 16.0 Å². The molecule has 0 spiro atoms. The van der Waals surface area contributed by atoms with E-state index < -0.39 is 12.1 Å². The molecule has 4 heteroatoms. The lowest BCUT2D eigenvalue weighted by Gasteiger charge is -2.15. The van der Waals surface area contributed by atoms with E-state index in [1.165, 1.54) is 0 Å². The monoisotopic (exact) mass is 316 g/mol. The minimum absolute atomic E-state index is 0.380. The topological polar surface area (TPSA) is 46.5 Å². The van der Waals surface area contributed by atoms with Crippen molar-refractivity contribution in [1.82, 2.24) is 0 Å². The van der Waals surface area contributed by atoms with E-state index in [4.69, 9.17) is 4.74 Å². The van der Waals surface area contributed by atoms with Gasteiger partial charge in [-0.25, -0.2) is 4.79 Å². The van der Waals surface area contributed by atoms with E-state index in [0.717, 1.165) is 21.8 Å². The Balaban J connectivity index is 2.15. The molecule has 0 saturated heterocycles. The van der Waals surface area contributed by atoms with Gasteiger partial charge < -0.3 is 9.84 Å². The first-order chi connectivity index (χ1) is 10.7. The molecular formula is C18H20O3S. The predicted molar refractivity (Wildman–Crippen MR) is 88.4 cm³/mol. The van der Waals surface area contributed by atoms with Crippen LogP contribution in [0.1, 0.15) is 18.9 Å². The summed E-state index contributed by atoms with van der Waals surface area (Å²) in [6.45, 7) is 2.43. The van der Waals surface area contributed by atoms with E-state index in [2.05, 4.69) is 0 Å². The molecule has 0 fully saturated rings. The maximum Gasteiger partial charge on any atom is 0.333 e. The maximum absolute atomic E-state index is 11.3. The Morgan fingerprint density at radius 2 is 1.82 bits per heavy atom. The Morgan fingerprint density at radius 1 is 1.14 bits per heavy atom. The first-order valence-corrected chi connectivity index (χ1v) is 8.17. The molecule has 0 aromatic heterocycles. The minimum atomic E-state index is -0.909. The molecule has 0 radical (unpaired) electrons. The van der Waals surface area contributed by atoms with E-state index in [1.54, 1.807) is 11.8 Å². The van der Waals surface area contributed by atoms with Gasteiger partial charge in [-0.3, -0.25) is 0 Å². The van der Waals surface area contributed by atoms with Gasteiger partial charge in [0, 0.05) is 22.8 Å². The summed E-state index contributed by atoms with van der Waals surface area (Å²) < 4.78 is 5.45. The highest BCUT2D eigenvalue weighted by Crippen LogP contribution is 2.31. The molecule has 0 aliphatic heterocycles. The lowest BCUT2D eigenvalue weighted by molar-refractivity contribution is -0.150. The molecule has 3 nitrogen and oxygen atoms in total. The third kappa shape index (κ3) is 4.90. The van der Waals surface area contributed by atoms with Gasteiger partial charge in [0.05, 0.1) is 0 Å². The standard InChI is InChI=1S/C18H20O3S/c1-2-12-21-16(18(19)20)13-14-8-6-7-11-17(14)22-15-9-4-3-5-10-15/h3-11,16H,2,12-13H2,1H3,(H,19,20)/t16-/m0/s1. The second-order valence-electron chi connectivity index (χ2n) is 4.92. The van der Waals surface area contributed by atoms with Crippen molar-refractivity contribution in [3.8, 4) is 0 Å². The molecule has 116 valence electrons. The quantitative estimate of drug-likeness (QED) is 0.790. The van der Waals surface area contributed by atoms with E-state index in [-0.39, 0.29) is 0 Å². The SMILES string of the molecule is CCCO[C@@H](Cc1ccccc1Sc1ccccc1)C(=O)O. The van der Waals surface area contributed by atoms with Gasteiger partial charge in [-0.15, -0.1) is 0 Å². The number of carboxylic acid groups (broad SMARTS) is 1. The average Bonchev–Trinajstić information content (AvgIpc) is 2.53. The molecule has 22 heavy (non-hydrogen) atoms. The molecule has 0 bridgehead atoms. The summed E-state index contributed by atoms with van der Waals surface area (Å²) in [5.41, 5.74) is 1.000. The van der Waals surface area contributed by atoms with Crippen molar-refractivity contribution >= 4 is 17.7 Å². The molecule has 0 aliphatic carbocycles. The first-order valence-electron chi connectivity index (χ1n) is 7.36. The molecule has 1 N–H and O–H groups in total. The summed E-state index contributed by atoms with van der Waals surface area (Å²) in [7, 11) is 0. The van der Waals surface area contributed by atoms with Gasteiger partial charge in [0.2, 0.25) is 0 Å². The zero-order chi connectivity index (χ0) is 15.8. The largest absolute Gasteiger partial charge is 0.479 e. The fourth-order valence-electron chi connectivity index (χ4n) is 2.06. The summed E-state index contributed by atoms with van der Waals surface area (Å²) >= 11 is 1.64. The Morgan fingerprint density at radius 3 is 2.50 bits per heavy atom. The van der Waals surface area contributed by atoms with Gasteiger partial charge in [0.15, 0.2) is 6.10 Å². The molecule has 2 aromatic carbocycles. The van der Waals surface area contributed by atoms with E-state index in [0.29, 0.717) is 13.0 Å². The van der Waals surface area contributed by atoms with E-state index in [1.807, 2.05) is 61.5 Å². The van der Waals surface area contributed by atoms with Crippen LogP contribution in [0.4, 0.5) is 0 Å². The van der Waals surface area contributed by atoms with E-state index in [9.17, 15) is 9.90 Å². The van der Waals surface area contributed by atoms with Crippen molar-refractivity contribution in [1.29, 1.82) is 0 Å². The van der Waals surface area contributed by atoms with Crippen molar-refractivity contribution in [2.24, 2.45) is 0 Å². The molecule has 1 atom stereocenters. The Kier molecular flexibility index (Phi) is 6.49. The second-order valence-corrected chi connectivity index (χ2v) is 6.04. The zero-order valence-electron chi connectivity index (χ0n) is 12.6. The predicted octanol–water partition coefficient (Wildman–Crippen LogP) is 4.26. The number of aliphatic carboxylic acids is 1. The number of hydrogen-bond donors (Lipinski definition) is 1. The molecule has 0 heterocycles. The number of benzene rings is 2. The van der Waals surface area contributed by atoms with Crippen LogP contribution in [0, 0.1) is 0 Å². The molecular weight excluding hydrogens is 296 g/mol. The highest BCUT2D eigenvalue weighted by Gasteiger charge is 2.20. The molecule has 2 aromatic rings. The third-order valence-electron chi connectivity index (χ3n) is 3.15. The number of rotatable bonds is 8. The summed E-state index contributed by atoms with van der Waals surface area (Å²) in [5.74, 6) is -0.909. The fourth-order valence-corrected chi connectivity index (χ4v) is 3.04. The number of hydrogen-bond acceptors (Lipinski definition) is 3. The van der Waals surface area contributed by atoms with Gasteiger partial charge in [-0.1, -0.05) is 55.1 Å². The van der Waals surface area contributed by atoms with Gasteiger partial charge in [-0.05, 0) is 30.2 Å². The van der Waals surface area contributed by atoms with Crippen molar-refractivity contribution < 1.29 is 14.6 Å². The van der Waals surface area contributed by atoms with Crippen molar-refractivity contribution in [3.05, 3.63) is 60.2 Å². The number of carboxylic acids is 1. The highest BCUT2D eigenvalue weighted by molar-refractivity contribution is 7.99. The first kappa shape index (κ1) is 16.6.